The summed E-state index contributed by atoms with van der Waals surface area (Å²) in [6, 6.07) is 12.5. The van der Waals surface area contributed by atoms with Crippen LogP contribution < -0.4 is 25.0 Å². The molecule has 0 saturated heterocycles. The van der Waals surface area contributed by atoms with Gasteiger partial charge in [0, 0.05) is 6.04 Å². The predicted molar refractivity (Wildman–Crippen MR) is 117 cm³/mol. The molecular formula is C23H29N3O4. The molecule has 0 bridgehead atoms. The van der Waals surface area contributed by atoms with Gasteiger partial charge in [0.15, 0.2) is 11.5 Å². The minimum absolute atomic E-state index is 0.00773. The van der Waals surface area contributed by atoms with E-state index in [9.17, 15) is 9.59 Å². The summed E-state index contributed by atoms with van der Waals surface area (Å²) in [5, 5.41) is 6.15. The number of ether oxygens (including phenoxy) is 2. The van der Waals surface area contributed by atoms with Gasteiger partial charge >= 0.3 is 0 Å². The summed E-state index contributed by atoms with van der Waals surface area (Å²) in [5.74, 6) is 1.04. The average molecular weight is 412 g/mol. The molecule has 2 aromatic rings. The summed E-state index contributed by atoms with van der Waals surface area (Å²) in [4.78, 5) is 26.7. The van der Waals surface area contributed by atoms with Gasteiger partial charge in [0.25, 0.3) is 0 Å². The van der Waals surface area contributed by atoms with E-state index in [1.54, 1.807) is 6.07 Å². The lowest BCUT2D eigenvalue weighted by atomic mass is 10.1. The van der Waals surface area contributed by atoms with Gasteiger partial charge in [-0.15, -0.1) is 0 Å². The van der Waals surface area contributed by atoms with E-state index in [0.717, 1.165) is 5.56 Å². The third-order valence-corrected chi connectivity index (χ3v) is 4.97. The topological polar surface area (TPSA) is 79.9 Å². The molecular weight excluding hydrogens is 382 g/mol. The van der Waals surface area contributed by atoms with Crippen LogP contribution >= 0.6 is 0 Å². The third kappa shape index (κ3) is 4.74. The first-order chi connectivity index (χ1) is 14.4. The van der Waals surface area contributed by atoms with E-state index in [4.69, 9.17) is 9.47 Å². The highest BCUT2D eigenvalue weighted by molar-refractivity contribution is 6.11. The molecule has 0 saturated carbocycles. The van der Waals surface area contributed by atoms with Crippen molar-refractivity contribution in [1.82, 2.24) is 5.32 Å². The molecule has 160 valence electrons. The fourth-order valence-electron chi connectivity index (χ4n) is 3.54. The zero-order valence-corrected chi connectivity index (χ0v) is 17.9. The molecule has 0 fully saturated rings. The molecule has 7 nitrogen and oxygen atoms in total. The summed E-state index contributed by atoms with van der Waals surface area (Å²) in [5.41, 5.74) is 2.34. The highest BCUT2D eigenvalue weighted by Crippen LogP contribution is 2.32. The minimum Gasteiger partial charge on any atom is -0.490 e. The van der Waals surface area contributed by atoms with Gasteiger partial charge in [-0.05, 0) is 57.5 Å². The number of nitrogens with zero attached hydrogens (tertiary/aromatic N) is 1. The Morgan fingerprint density at radius 2 is 1.80 bits per heavy atom. The molecule has 0 radical (unpaired) electrons. The Hall–Kier alpha value is -3.06. The molecule has 1 heterocycles. The van der Waals surface area contributed by atoms with Crippen molar-refractivity contribution in [2.45, 2.75) is 39.8 Å². The van der Waals surface area contributed by atoms with Crippen molar-refractivity contribution in [3.8, 4) is 11.5 Å². The number of carbonyl (C=O) groups excluding carboxylic acids is 2. The van der Waals surface area contributed by atoms with E-state index in [1.807, 2.05) is 64.1 Å². The van der Waals surface area contributed by atoms with Crippen LogP contribution in [-0.4, -0.2) is 37.6 Å². The average Bonchev–Trinajstić information content (AvgIpc) is 2.74. The number of rotatable bonds is 8. The van der Waals surface area contributed by atoms with Crippen molar-refractivity contribution >= 4 is 23.2 Å². The van der Waals surface area contributed by atoms with Gasteiger partial charge in [-0.2, -0.15) is 0 Å². The molecule has 0 unspecified atom stereocenters. The van der Waals surface area contributed by atoms with Crippen LogP contribution in [0.25, 0.3) is 0 Å². The van der Waals surface area contributed by atoms with Crippen LogP contribution in [-0.2, 0) is 9.59 Å². The first-order valence-corrected chi connectivity index (χ1v) is 10.3. The Bertz CT molecular complexity index is 915. The van der Waals surface area contributed by atoms with E-state index >= 15 is 0 Å². The third-order valence-electron chi connectivity index (χ3n) is 4.97. The standard InChI is InChI=1S/C23H29N3O4/c1-5-29-20-12-11-17(13-21(20)30-6-2)15(3)24-16(4)23(28)26-14-22(27)25-18-9-7-8-10-19(18)26/h7-13,15-16,24H,5-6,14H2,1-4H3,(H,25,27)/t15-,16+/m0/s1. The number of carbonyl (C=O) groups is 2. The maximum absolute atomic E-state index is 13.1. The molecule has 30 heavy (non-hydrogen) atoms. The van der Waals surface area contributed by atoms with Crippen LogP contribution in [0.4, 0.5) is 11.4 Å². The number of hydrogen-bond donors (Lipinski definition) is 2. The maximum Gasteiger partial charge on any atom is 0.244 e. The van der Waals surface area contributed by atoms with Gasteiger partial charge < -0.3 is 14.8 Å². The lowest BCUT2D eigenvalue weighted by Gasteiger charge is -2.32. The fourth-order valence-corrected chi connectivity index (χ4v) is 3.54. The lowest BCUT2D eigenvalue weighted by molar-refractivity contribution is -0.123. The number of hydrogen-bond acceptors (Lipinski definition) is 5. The number of anilines is 2. The molecule has 1 aliphatic rings. The molecule has 1 aliphatic heterocycles. The monoisotopic (exact) mass is 411 g/mol. The Morgan fingerprint density at radius 3 is 2.53 bits per heavy atom. The number of para-hydroxylation sites is 2. The van der Waals surface area contributed by atoms with Crippen LogP contribution in [0, 0.1) is 0 Å². The molecule has 2 N–H and O–H groups in total. The van der Waals surface area contributed by atoms with Gasteiger partial charge in [0.05, 0.1) is 30.6 Å². The Labute approximate surface area is 177 Å². The number of amides is 2. The summed E-state index contributed by atoms with van der Waals surface area (Å²) in [6.07, 6.45) is 0. The Morgan fingerprint density at radius 1 is 1.10 bits per heavy atom. The van der Waals surface area contributed by atoms with Crippen LogP contribution in [0.1, 0.15) is 39.3 Å². The fraction of sp³-hybridized carbons (Fsp3) is 0.391. The van der Waals surface area contributed by atoms with Crippen molar-refractivity contribution in [2.24, 2.45) is 0 Å². The summed E-state index contributed by atoms with van der Waals surface area (Å²) in [7, 11) is 0. The van der Waals surface area contributed by atoms with Gasteiger partial charge in [-0.25, -0.2) is 0 Å². The predicted octanol–water partition coefficient (Wildman–Crippen LogP) is 3.51. The SMILES string of the molecule is CCOc1ccc([C@H](C)N[C@H](C)C(=O)N2CC(=O)Nc3ccccc32)cc1OCC. The van der Waals surface area contributed by atoms with Crippen LogP contribution in [0.15, 0.2) is 42.5 Å². The molecule has 2 amide bonds. The van der Waals surface area contributed by atoms with Gasteiger partial charge in [-0.3, -0.25) is 19.8 Å². The molecule has 2 aromatic carbocycles. The van der Waals surface area contributed by atoms with Gasteiger partial charge in [0.1, 0.15) is 6.54 Å². The van der Waals surface area contributed by atoms with E-state index < -0.39 is 6.04 Å². The largest absolute Gasteiger partial charge is 0.490 e. The first-order valence-electron chi connectivity index (χ1n) is 10.3. The Balaban J connectivity index is 1.74. The molecule has 2 atom stereocenters. The normalized spacial score (nSPS) is 15.1. The molecule has 0 aromatic heterocycles. The van der Waals surface area contributed by atoms with E-state index in [0.29, 0.717) is 36.1 Å². The highest BCUT2D eigenvalue weighted by Gasteiger charge is 2.30. The van der Waals surface area contributed by atoms with Crippen molar-refractivity contribution in [1.29, 1.82) is 0 Å². The van der Waals surface area contributed by atoms with Crippen LogP contribution in [0.3, 0.4) is 0 Å². The number of fused-ring (bicyclic) bond motifs is 1. The summed E-state index contributed by atoms with van der Waals surface area (Å²) in [6.45, 7) is 8.77. The van der Waals surface area contributed by atoms with E-state index in [2.05, 4.69) is 10.6 Å². The maximum atomic E-state index is 13.1. The number of benzene rings is 2. The second kappa shape index (κ2) is 9.63. The van der Waals surface area contributed by atoms with Crippen molar-refractivity contribution in [3.63, 3.8) is 0 Å². The molecule has 7 heteroatoms. The Kier molecular flexibility index (Phi) is 6.95. The summed E-state index contributed by atoms with van der Waals surface area (Å²) >= 11 is 0. The molecule has 0 spiro atoms. The van der Waals surface area contributed by atoms with Gasteiger partial charge in [0.2, 0.25) is 11.8 Å². The van der Waals surface area contributed by atoms with Crippen LogP contribution in [0.2, 0.25) is 0 Å². The lowest BCUT2D eigenvalue weighted by Crippen LogP contribution is -2.50. The quantitative estimate of drug-likeness (QED) is 0.695. The smallest absolute Gasteiger partial charge is 0.244 e. The second-order valence-corrected chi connectivity index (χ2v) is 7.17. The van der Waals surface area contributed by atoms with Crippen molar-refractivity contribution < 1.29 is 19.1 Å². The first kappa shape index (κ1) is 21.6. The van der Waals surface area contributed by atoms with Crippen molar-refractivity contribution in [3.05, 3.63) is 48.0 Å². The highest BCUT2D eigenvalue weighted by atomic mass is 16.5. The van der Waals surface area contributed by atoms with Gasteiger partial charge in [-0.1, -0.05) is 18.2 Å². The van der Waals surface area contributed by atoms with Crippen LogP contribution in [0.5, 0.6) is 11.5 Å². The zero-order valence-electron chi connectivity index (χ0n) is 17.9. The number of nitrogens with one attached hydrogen (secondary N) is 2. The van der Waals surface area contributed by atoms with E-state index in [1.165, 1.54) is 4.90 Å². The molecule has 0 aliphatic carbocycles. The summed E-state index contributed by atoms with van der Waals surface area (Å²) < 4.78 is 11.3. The van der Waals surface area contributed by atoms with E-state index in [-0.39, 0.29) is 24.4 Å². The molecule has 3 rings (SSSR count). The minimum atomic E-state index is -0.485. The zero-order chi connectivity index (χ0) is 21.7. The second-order valence-electron chi connectivity index (χ2n) is 7.17. The van der Waals surface area contributed by atoms with Crippen molar-refractivity contribution in [2.75, 3.05) is 30.0 Å².